The molecule has 2 aromatic carbocycles. The molecule has 0 radical (unpaired) electrons. The standard InChI is InChI=1S/C23H27NOS/c25-23(16-17-8-7-15-24-14-6-5-11-20(17)24)18-9-1-3-12-21(18)26-22-13-4-2-10-19(22)23/h1-4,9-10,12-13,17,20,25H,5-8,11,14-16H2/t17-,20+/m0/s1. The van der Waals surface area contributed by atoms with Crippen molar-refractivity contribution in [3.05, 3.63) is 59.7 Å². The van der Waals surface area contributed by atoms with Gasteiger partial charge in [-0.2, -0.15) is 0 Å². The Balaban J connectivity index is 1.55. The van der Waals surface area contributed by atoms with Gasteiger partial charge >= 0.3 is 0 Å². The van der Waals surface area contributed by atoms with Crippen LogP contribution in [0.1, 0.15) is 49.7 Å². The van der Waals surface area contributed by atoms with E-state index in [1.807, 2.05) is 0 Å². The minimum absolute atomic E-state index is 0.582. The molecule has 2 fully saturated rings. The Morgan fingerprint density at radius 2 is 1.54 bits per heavy atom. The summed E-state index contributed by atoms with van der Waals surface area (Å²) in [7, 11) is 0. The van der Waals surface area contributed by atoms with Gasteiger partial charge in [-0.25, -0.2) is 0 Å². The lowest BCUT2D eigenvalue weighted by Crippen LogP contribution is -2.50. The molecule has 2 aromatic rings. The zero-order chi connectivity index (χ0) is 17.6. The van der Waals surface area contributed by atoms with Crippen molar-refractivity contribution >= 4 is 11.8 Å². The average Bonchev–Trinajstić information content (AvgIpc) is 2.69. The van der Waals surface area contributed by atoms with Crippen LogP contribution < -0.4 is 0 Å². The number of aliphatic hydroxyl groups is 1. The van der Waals surface area contributed by atoms with Crippen molar-refractivity contribution in [2.75, 3.05) is 13.1 Å². The molecule has 0 aliphatic carbocycles. The molecule has 0 unspecified atom stereocenters. The molecule has 0 saturated carbocycles. The summed E-state index contributed by atoms with van der Waals surface area (Å²) in [6.07, 6.45) is 7.37. The first-order valence-corrected chi connectivity index (χ1v) is 10.9. The van der Waals surface area contributed by atoms with Crippen LogP contribution in [0.15, 0.2) is 58.3 Å². The van der Waals surface area contributed by atoms with Crippen LogP contribution in [0.3, 0.4) is 0 Å². The lowest BCUT2D eigenvalue weighted by atomic mass is 9.72. The van der Waals surface area contributed by atoms with E-state index in [9.17, 15) is 5.11 Å². The topological polar surface area (TPSA) is 23.5 Å². The molecule has 0 amide bonds. The zero-order valence-corrected chi connectivity index (χ0v) is 16.0. The fourth-order valence-corrected chi connectivity index (χ4v) is 6.70. The van der Waals surface area contributed by atoms with Gasteiger partial charge < -0.3 is 10.0 Å². The van der Waals surface area contributed by atoms with Crippen molar-refractivity contribution in [1.29, 1.82) is 0 Å². The smallest absolute Gasteiger partial charge is 0.117 e. The Morgan fingerprint density at radius 1 is 0.885 bits per heavy atom. The van der Waals surface area contributed by atoms with E-state index in [0.29, 0.717) is 12.0 Å². The molecule has 2 saturated heterocycles. The first kappa shape index (κ1) is 16.9. The number of fused-ring (bicyclic) bond motifs is 3. The van der Waals surface area contributed by atoms with Crippen LogP contribution in [0.4, 0.5) is 0 Å². The summed E-state index contributed by atoms with van der Waals surface area (Å²) in [5.41, 5.74) is 1.36. The summed E-state index contributed by atoms with van der Waals surface area (Å²) in [4.78, 5) is 5.13. The Bertz CT molecular complexity index is 757. The molecule has 3 aliphatic rings. The molecule has 3 heterocycles. The maximum Gasteiger partial charge on any atom is 0.117 e. The quantitative estimate of drug-likeness (QED) is 0.806. The highest BCUT2D eigenvalue weighted by Crippen LogP contribution is 2.51. The molecule has 136 valence electrons. The van der Waals surface area contributed by atoms with Crippen LogP contribution in [0, 0.1) is 5.92 Å². The number of piperidine rings is 2. The van der Waals surface area contributed by atoms with Gasteiger partial charge in [-0.15, -0.1) is 0 Å². The van der Waals surface area contributed by atoms with E-state index in [1.165, 1.54) is 55.0 Å². The third-order valence-corrected chi connectivity index (χ3v) is 7.82. The van der Waals surface area contributed by atoms with Crippen molar-refractivity contribution in [3.63, 3.8) is 0 Å². The van der Waals surface area contributed by atoms with Crippen LogP contribution in [-0.4, -0.2) is 29.1 Å². The highest BCUT2D eigenvalue weighted by Gasteiger charge is 2.44. The van der Waals surface area contributed by atoms with Gasteiger partial charge in [-0.3, -0.25) is 0 Å². The predicted molar refractivity (Wildman–Crippen MR) is 107 cm³/mol. The first-order chi connectivity index (χ1) is 12.8. The number of benzene rings is 2. The van der Waals surface area contributed by atoms with Gasteiger partial charge in [0.25, 0.3) is 0 Å². The molecule has 0 aromatic heterocycles. The zero-order valence-electron chi connectivity index (χ0n) is 15.2. The van der Waals surface area contributed by atoms with Crippen molar-refractivity contribution < 1.29 is 5.11 Å². The summed E-state index contributed by atoms with van der Waals surface area (Å²) < 4.78 is 0. The molecule has 1 N–H and O–H groups in total. The third kappa shape index (κ3) is 2.72. The van der Waals surface area contributed by atoms with Gasteiger partial charge in [0.15, 0.2) is 0 Å². The van der Waals surface area contributed by atoms with E-state index >= 15 is 0 Å². The Labute approximate surface area is 160 Å². The lowest BCUT2D eigenvalue weighted by Gasteiger charge is -2.47. The van der Waals surface area contributed by atoms with E-state index in [0.717, 1.165) is 17.5 Å². The Kier molecular flexibility index (Phi) is 4.35. The van der Waals surface area contributed by atoms with Gasteiger partial charge in [0.2, 0.25) is 0 Å². The monoisotopic (exact) mass is 365 g/mol. The van der Waals surface area contributed by atoms with Gasteiger partial charge in [0, 0.05) is 27.0 Å². The summed E-state index contributed by atoms with van der Waals surface area (Å²) in [6.45, 7) is 2.51. The molecular formula is C23H27NOS. The molecule has 26 heavy (non-hydrogen) atoms. The van der Waals surface area contributed by atoms with Crippen molar-refractivity contribution in [2.45, 2.75) is 60.0 Å². The summed E-state index contributed by atoms with van der Waals surface area (Å²) in [5.74, 6) is 0.582. The van der Waals surface area contributed by atoms with E-state index < -0.39 is 5.60 Å². The minimum Gasteiger partial charge on any atom is -0.380 e. The summed E-state index contributed by atoms with van der Waals surface area (Å²) >= 11 is 1.80. The number of hydrogen-bond acceptors (Lipinski definition) is 3. The highest BCUT2D eigenvalue weighted by atomic mass is 32.2. The fraction of sp³-hybridized carbons (Fsp3) is 0.478. The molecule has 2 atom stereocenters. The molecule has 0 bridgehead atoms. The molecule has 0 spiro atoms. The van der Waals surface area contributed by atoms with E-state index in [1.54, 1.807) is 11.8 Å². The predicted octanol–water partition coefficient (Wildman–Crippen LogP) is 5.04. The number of hydrogen-bond donors (Lipinski definition) is 1. The van der Waals surface area contributed by atoms with Crippen LogP contribution in [0.2, 0.25) is 0 Å². The fourth-order valence-electron chi connectivity index (χ4n) is 5.47. The van der Waals surface area contributed by atoms with E-state index in [4.69, 9.17) is 0 Å². The first-order valence-electron chi connectivity index (χ1n) is 10.1. The minimum atomic E-state index is -0.858. The summed E-state index contributed by atoms with van der Waals surface area (Å²) in [6, 6.07) is 17.6. The summed E-state index contributed by atoms with van der Waals surface area (Å²) in [5, 5.41) is 12.1. The second-order valence-electron chi connectivity index (χ2n) is 8.16. The molecule has 5 rings (SSSR count). The van der Waals surface area contributed by atoms with Crippen molar-refractivity contribution in [3.8, 4) is 0 Å². The van der Waals surface area contributed by atoms with Gasteiger partial charge in [-0.05, 0) is 63.2 Å². The molecule has 2 nitrogen and oxygen atoms in total. The average molecular weight is 366 g/mol. The van der Waals surface area contributed by atoms with Crippen LogP contribution in [0.5, 0.6) is 0 Å². The normalized spacial score (nSPS) is 27.3. The number of nitrogens with zero attached hydrogens (tertiary/aromatic N) is 1. The molecular weight excluding hydrogens is 338 g/mol. The lowest BCUT2D eigenvalue weighted by molar-refractivity contribution is -0.00720. The second-order valence-corrected chi connectivity index (χ2v) is 9.24. The largest absolute Gasteiger partial charge is 0.380 e. The highest BCUT2D eigenvalue weighted by molar-refractivity contribution is 7.99. The molecule has 3 heteroatoms. The van der Waals surface area contributed by atoms with Crippen LogP contribution in [-0.2, 0) is 5.60 Å². The van der Waals surface area contributed by atoms with Gasteiger partial charge in [-0.1, -0.05) is 54.6 Å². The van der Waals surface area contributed by atoms with Gasteiger partial charge in [0.1, 0.15) is 5.60 Å². The Morgan fingerprint density at radius 3 is 2.27 bits per heavy atom. The number of rotatable bonds is 2. The van der Waals surface area contributed by atoms with Crippen molar-refractivity contribution in [2.24, 2.45) is 5.92 Å². The van der Waals surface area contributed by atoms with Gasteiger partial charge in [0.05, 0.1) is 0 Å². The maximum atomic E-state index is 12.1. The second kappa shape index (κ2) is 6.70. The SMILES string of the molecule is OC1(C[C@@H]2CCCN3CCCC[C@H]23)c2ccccc2Sc2ccccc21. The maximum absolute atomic E-state index is 12.1. The molecule has 3 aliphatic heterocycles. The van der Waals surface area contributed by atoms with Crippen molar-refractivity contribution in [1.82, 2.24) is 4.90 Å². The van der Waals surface area contributed by atoms with Crippen LogP contribution >= 0.6 is 11.8 Å². The third-order valence-electron chi connectivity index (χ3n) is 6.67. The Hall–Kier alpha value is -1.29. The van der Waals surface area contributed by atoms with Crippen LogP contribution in [0.25, 0.3) is 0 Å². The van der Waals surface area contributed by atoms with E-state index in [-0.39, 0.29) is 0 Å². The van der Waals surface area contributed by atoms with E-state index in [2.05, 4.69) is 53.4 Å².